The lowest BCUT2D eigenvalue weighted by atomic mass is 10.1. The molecule has 0 radical (unpaired) electrons. The van der Waals surface area contributed by atoms with Crippen LogP contribution in [0.4, 0.5) is 0 Å². The van der Waals surface area contributed by atoms with Crippen molar-refractivity contribution in [3.8, 4) is 11.5 Å². The largest absolute Gasteiger partial charge is 0.494 e. The lowest BCUT2D eigenvalue weighted by molar-refractivity contribution is -0.128. The number of carbonyl (C=O) groups excluding carboxylic acids is 1. The number of benzene rings is 2. The number of rotatable bonds is 19. The molecule has 0 fully saturated rings. The molecule has 3 nitrogen and oxygen atoms in total. The Morgan fingerprint density at radius 2 is 1.20 bits per heavy atom. The maximum Gasteiger partial charge on any atom is 0.336 e. The molecule has 0 bridgehead atoms. The fourth-order valence-electron chi connectivity index (χ4n) is 4.07. The minimum atomic E-state index is -0.369. The summed E-state index contributed by atoms with van der Waals surface area (Å²) in [5, 5.41) is 0. The van der Waals surface area contributed by atoms with E-state index >= 15 is 0 Å². The molecule has 35 heavy (non-hydrogen) atoms. The first-order valence-electron chi connectivity index (χ1n) is 13.9. The summed E-state index contributed by atoms with van der Waals surface area (Å²) in [7, 11) is 0. The Morgan fingerprint density at radius 3 is 1.83 bits per heavy atom. The normalized spacial score (nSPS) is 11.1. The molecule has 0 spiro atoms. The van der Waals surface area contributed by atoms with Crippen LogP contribution in [-0.2, 0) is 11.2 Å². The third-order valence-corrected chi connectivity index (χ3v) is 6.27. The standard InChI is InChI=1S/C32H46O3/c1-3-5-7-9-10-11-12-13-15-27-34-30-22-17-29(18-23-30)21-26-32(33)35-31-24-19-28(20-25-31)16-14-8-6-4-2/h17-26H,3-16,27H2,1-2H3. The van der Waals surface area contributed by atoms with Gasteiger partial charge < -0.3 is 9.47 Å². The first-order valence-corrected chi connectivity index (χ1v) is 13.9. The van der Waals surface area contributed by atoms with E-state index in [-0.39, 0.29) is 5.97 Å². The molecule has 3 heteroatoms. The van der Waals surface area contributed by atoms with Crippen LogP contribution in [0, 0.1) is 0 Å². The molecule has 2 rings (SSSR count). The molecule has 0 aromatic heterocycles. The summed E-state index contributed by atoms with van der Waals surface area (Å²) < 4.78 is 11.3. The van der Waals surface area contributed by atoms with Crippen molar-refractivity contribution in [3.63, 3.8) is 0 Å². The molecule has 0 unspecified atom stereocenters. The van der Waals surface area contributed by atoms with Gasteiger partial charge in [0.25, 0.3) is 0 Å². The van der Waals surface area contributed by atoms with E-state index in [1.165, 1.54) is 88.7 Å². The van der Waals surface area contributed by atoms with Crippen LogP contribution in [0.5, 0.6) is 11.5 Å². The third kappa shape index (κ3) is 13.8. The van der Waals surface area contributed by atoms with E-state index in [1.807, 2.05) is 48.5 Å². The van der Waals surface area contributed by atoms with Gasteiger partial charge >= 0.3 is 5.97 Å². The highest BCUT2D eigenvalue weighted by Gasteiger charge is 2.02. The van der Waals surface area contributed by atoms with Gasteiger partial charge in [0.15, 0.2) is 0 Å². The third-order valence-electron chi connectivity index (χ3n) is 6.27. The monoisotopic (exact) mass is 478 g/mol. The molecular weight excluding hydrogens is 432 g/mol. The topological polar surface area (TPSA) is 35.5 Å². The van der Waals surface area contributed by atoms with Crippen LogP contribution in [0.2, 0.25) is 0 Å². The predicted octanol–water partition coefficient (Wildman–Crippen LogP) is 9.34. The molecule has 0 amide bonds. The van der Waals surface area contributed by atoms with Crippen molar-refractivity contribution >= 4 is 12.0 Å². The van der Waals surface area contributed by atoms with Crippen molar-refractivity contribution in [2.45, 2.75) is 104 Å². The summed E-state index contributed by atoms with van der Waals surface area (Å²) in [4.78, 5) is 12.2. The second-order valence-electron chi connectivity index (χ2n) is 9.45. The van der Waals surface area contributed by atoms with Crippen molar-refractivity contribution in [3.05, 3.63) is 65.7 Å². The minimum absolute atomic E-state index is 0.369. The molecule has 2 aromatic rings. The van der Waals surface area contributed by atoms with E-state index in [1.54, 1.807) is 6.08 Å². The van der Waals surface area contributed by atoms with Gasteiger partial charge in [0.05, 0.1) is 6.61 Å². The molecule has 192 valence electrons. The maximum absolute atomic E-state index is 12.2. The van der Waals surface area contributed by atoms with E-state index in [4.69, 9.17) is 9.47 Å². The van der Waals surface area contributed by atoms with Gasteiger partial charge in [0.1, 0.15) is 11.5 Å². The summed E-state index contributed by atoms with van der Waals surface area (Å²) in [5.74, 6) is 1.09. The fraction of sp³-hybridized carbons (Fsp3) is 0.531. The summed E-state index contributed by atoms with van der Waals surface area (Å²) in [6.45, 7) is 5.24. The Bertz CT molecular complexity index is 821. The van der Waals surface area contributed by atoms with Crippen LogP contribution >= 0.6 is 0 Å². The number of carbonyl (C=O) groups is 1. The fourth-order valence-corrected chi connectivity index (χ4v) is 4.07. The quantitative estimate of drug-likeness (QED) is 0.0873. The Balaban J connectivity index is 1.60. The van der Waals surface area contributed by atoms with Crippen LogP contribution < -0.4 is 9.47 Å². The van der Waals surface area contributed by atoms with Crippen LogP contribution in [0.1, 0.15) is 108 Å². The summed E-state index contributed by atoms with van der Waals surface area (Å²) in [5.41, 5.74) is 2.23. The average molecular weight is 479 g/mol. The van der Waals surface area contributed by atoms with E-state index in [0.29, 0.717) is 5.75 Å². The van der Waals surface area contributed by atoms with Crippen molar-refractivity contribution in [1.29, 1.82) is 0 Å². The average Bonchev–Trinajstić information content (AvgIpc) is 2.88. The summed E-state index contributed by atoms with van der Waals surface area (Å²) in [6, 6.07) is 15.7. The molecule has 0 aliphatic rings. The van der Waals surface area contributed by atoms with E-state index in [2.05, 4.69) is 13.8 Å². The van der Waals surface area contributed by atoms with E-state index < -0.39 is 0 Å². The zero-order chi connectivity index (χ0) is 25.0. The van der Waals surface area contributed by atoms with Gasteiger partial charge in [0.2, 0.25) is 0 Å². The van der Waals surface area contributed by atoms with Gasteiger partial charge in [-0.1, -0.05) is 109 Å². The highest BCUT2D eigenvalue weighted by molar-refractivity contribution is 5.88. The smallest absolute Gasteiger partial charge is 0.336 e. The van der Waals surface area contributed by atoms with Gasteiger partial charge in [-0.15, -0.1) is 0 Å². The first-order chi connectivity index (χ1) is 17.2. The van der Waals surface area contributed by atoms with Crippen LogP contribution in [0.15, 0.2) is 54.6 Å². The van der Waals surface area contributed by atoms with E-state index in [0.717, 1.165) is 30.8 Å². The number of hydrogen-bond acceptors (Lipinski definition) is 3. The summed E-state index contributed by atoms with van der Waals surface area (Å²) >= 11 is 0. The summed E-state index contributed by atoms with van der Waals surface area (Å²) in [6.07, 6.45) is 21.1. The highest BCUT2D eigenvalue weighted by atomic mass is 16.5. The first kappa shape index (κ1) is 28.7. The zero-order valence-corrected chi connectivity index (χ0v) is 22.1. The number of unbranched alkanes of at least 4 members (excludes halogenated alkanes) is 11. The number of esters is 1. The molecule has 0 aliphatic carbocycles. The van der Waals surface area contributed by atoms with Gasteiger partial charge in [-0.2, -0.15) is 0 Å². The zero-order valence-electron chi connectivity index (χ0n) is 22.1. The molecular formula is C32H46O3. The Labute approximate surface area is 213 Å². The SMILES string of the molecule is CCCCCCCCCCCOc1ccc(C=CC(=O)Oc2ccc(CCCCCC)cc2)cc1. The van der Waals surface area contributed by atoms with Gasteiger partial charge in [-0.05, 0) is 60.7 Å². The molecule has 0 N–H and O–H groups in total. The molecule has 0 aliphatic heterocycles. The molecule has 0 saturated carbocycles. The Kier molecular flexibility index (Phi) is 15.4. The lowest BCUT2D eigenvalue weighted by Crippen LogP contribution is -2.03. The highest BCUT2D eigenvalue weighted by Crippen LogP contribution is 2.17. The maximum atomic E-state index is 12.2. The van der Waals surface area contributed by atoms with Gasteiger partial charge in [0, 0.05) is 6.08 Å². The van der Waals surface area contributed by atoms with Crippen molar-refractivity contribution in [1.82, 2.24) is 0 Å². The van der Waals surface area contributed by atoms with Crippen LogP contribution in [-0.4, -0.2) is 12.6 Å². The van der Waals surface area contributed by atoms with Crippen LogP contribution in [0.3, 0.4) is 0 Å². The molecule has 2 aromatic carbocycles. The van der Waals surface area contributed by atoms with Crippen LogP contribution in [0.25, 0.3) is 6.08 Å². The number of aryl methyl sites for hydroxylation is 1. The Hall–Kier alpha value is -2.55. The van der Waals surface area contributed by atoms with Gasteiger partial charge in [-0.3, -0.25) is 0 Å². The van der Waals surface area contributed by atoms with Crippen molar-refractivity contribution in [2.24, 2.45) is 0 Å². The van der Waals surface area contributed by atoms with Crippen molar-refractivity contribution in [2.75, 3.05) is 6.61 Å². The molecule has 0 saturated heterocycles. The minimum Gasteiger partial charge on any atom is -0.494 e. The number of ether oxygens (including phenoxy) is 2. The molecule has 0 heterocycles. The number of hydrogen-bond donors (Lipinski definition) is 0. The van der Waals surface area contributed by atoms with Gasteiger partial charge in [-0.25, -0.2) is 4.79 Å². The van der Waals surface area contributed by atoms with Crippen molar-refractivity contribution < 1.29 is 14.3 Å². The second-order valence-corrected chi connectivity index (χ2v) is 9.45. The lowest BCUT2D eigenvalue weighted by Gasteiger charge is -2.07. The Morgan fingerprint density at radius 1 is 0.657 bits per heavy atom. The molecule has 0 atom stereocenters. The van der Waals surface area contributed by atoms with E-state index in [9.17, 15) is 4.79 Å². The predicted molar refractivity (Wildman–Crippen MR) is 148 cm³/mol. The second kappa shape index (κ2) is 18.7.